The fourth-order valence-corrected chi connectivity index (χ4v) is 2.46. The molecule has 0 saturated heterocycles. The molecule has 8 heteroatoms. The number of hydrogen-bond acceptors (Lipinski definition) is 5. The van der Waals surface area contributed by atoms with E-state index in [1.165, 1.54) is 31.0 Å². The van der Waals surface area contributed by atoms with Crippen LogP contribution in [-0.2, 0) is 17.3 Å². The average molecular weight is 306 g/mol. The van der Waals surface area contributed by atoms with Crippen LogP contribution in [0.4, 0.5) is 4.39 Å². The molecule has 0 unspecified atom stereocenters. The molecule has 0 radical (unpaired) electrons. The molecular weight excluding hydrogens is 295 g/mol. The Hall–Kier alpha value is -2.35. The van der Waals surface area contributed by atoms with E-state index >= 15 is 0 Å². The second kappa shape index (κ2) is 5.57. The van der Waals surface area contributed by atoms with Gasteiger partial charge in [-0.1, -0.05) is 0 Å². The van der Waals surface area contributed by atoms with E-state index in [4.69, 9.17) is 4.42 Å². The van der Waals surface area contributed by atoms with Crippen molar-refractivity contribution >= 4 is 10.8 Å². The van der Waals surface area contributed by atoms with Crippen LogP contribution in [0.2, 0.25) is 0 Å². The van der Waals surface area contributed by atoms with Crippen LogP contribution in [0, 0.1) is 5.82 Å². The molecule has 6 nitrogen and oxygen atoms in total. The van der Waals surface area contributed by atoms with E-state index in [1.54, 1.807) is 16.7 Å². The quantitative estimate of drug-likeness (QED) is 0.735. The third kappa shape index (κ3) is 2.89. The van der Waals surface area contributed by atoms with Crippen molar-refractivity contribution in [2.75, 3.05) is 6.26 Å². The highest BCUT2D eigenvalue weighted by atomic mass is 32.2. The Morgan fingerprint density at radius 3 is 2.81 bits per heavy atom. The van der Waals surface area contributed by atoms with Gasteiger partial charge in [-0.15, -0.1) is 10.2 Å². The number of aromatic nitrogens is 4. The first-order valence-electron chi connectivity index (χ1n) is 6.05. The van der Waals surface area contributed by atoms with Gasteiger partial charge in [-0.2, -0.15) is 0 Å². The van der Waals surface area contributed by atoms with Crippen LogP contribution in [-0.4, -0.2) is 30.2 Å². The zero-order chi connectivity index (χ0) is 14.8. The molecule has 2 heterocycles. The highest BCUT2D eigenvalue weighted by molar-refractivity contribution is 7.84. The van der Waals surface area contributed by atoms with Gasteiger partial charge in [0.15, 0.2) is 0 Å². The van der Waals surface area contributed by atoms with E-state index in [0.29, 0.717) is 28.8 Å². The molecule has 21 heavy (non-hydrogen) atoms. The van der Waals surface area contributed by atoms with Crippen LogP contribution in [0.1, 0.15) is 5.69 Å². The minimum atomic E-state index is -1.23. The number of hydrogen-bond donors (Lipinski definition) is 0. The topological polar surface area (TPSA) is 73.8 Å². The predicted molar refractivity (Wildman–Crippen MR) is 73.4 cm³/mol. The van der Waals surface area contributed by atoms with Crippen molar-refractivity contribution in [3.05, 3.63) is 48.4 Å². The number of benzene rings is 1. The molecule has 3 aromatic rings. The fraction of sp³-hybridized carbons (Fsp3) is 0.154. The van der Waals surface area contributed by atoms with E-state index in [1.807, 2.05) is 0 Å². The van der Waals surface area contributed by atoms with Gasteiger partial charge in [0.2, 0.25) is 11.0 Å². The Bertz CT molecular complexity index is 782. The third-order valence-corrected chi connectivity index (χ3v) is 3.64. The van der Waals surface area contributed by atoms with Crippen molar-refractivity contribution in [2.45, 2.75) is 11.7 Å². The first-order valence-corrected chi connectivity index (χ1v) is 7.61. The van der Waals surface area contributed by atoms with Crippen molar-refractivity contribution in [2.24, 2.45) is 0 Å². The Morgan fingerprint density at radius 1 is 1.33 bits per heavy atom. The van der Waals surface area contributed by atoms with Crippen LogP contribution in [0.3, 0.4) is 0 Å². The summed E-state index contributed by atoms with van der Waals surface area (Å²) in [7, 11) is -1.23. The summed E-state index contributed by atoms with van der Waals surface area (Å²) >= 11 is 0. The van der Waals surface area contributed by atoms with Crippen molar-refractivity contribution < 1.29 is 13.0 Å². The molecule has 2 aromatic heterocycles. The molecule has 0 spiro atoms. The highest BCUT2D eigenvalue weighted by Crippen LogP contribution is 2.19. The summed E-state index contributed by atoms with van der Waals surface area (Å²) < 4.78 is 31.4. The van der Waals surface area contributed by atoms with Crippen LogP contribution < -0.4 is 0 Å². The molecule has 0 fully saturated rings. The SMILES string of the molecule is C[S@](=O)c1nncn1Cc1coc(-c2ccc(F)cc2)n1. The summed E-state index contributed by atoms with van der Waals surface area (Å²) in [6, 6.07) is 5.88. The van der Waals surface area contributed by atoms with Crippen molar-refractivity contribution in [3.63, 3.8) is 0 Å². The van der Waals surface area contributed by atoms with E-state index in [-0.39, 0.29) is 5.82 Å². The maximum absolute atomic E-state index is 12.9. The van der Waals surface area contributed by atoms with Gasteiger partial charge < -0.3 is 8.98 Å². The Morgan fingerprint density at radius 2 is 2.10 bits per heavy atom. The molecule has 1 aromatic carbocycles. The highest BCUT2D eigenvalue weighted by Gasteiger charge is 2.12. The summed E-state index contributed by atoms with van der Waals surface area (Å²) in [5.74, 6) is 0.0855. The molecule has 0 N–H and O–H groups in total. The Balaban J connectivity index is 1.83. The molecule has 0 bridgehead atoms. The van der Waals surface area contributed by atoms with Gasteiger partial charge >= 0.3 is 0 Å². The van der Waals surface area contributed by atoms with Gasteiger partial charge in [-0.3, -0.25) is 4.21 Å². The Kier molecular flexibility index (Phi) is 3.61. The smallest absolute Gasteiger partial charge is 0.226 e. The van der Waals surface area contributed by atoms with E-state index in [2.05, 4.69) is 15.2 Å². The van der Waals surface area contributed by atoms with E-state index in [9.17, 15) is 8.60 Å². The van der Waals surface area contributed by atoms with E-state index in [0.717, 1.165) is 0 Å². The van der Waals surface area contributed by atoms with Crippen molar-refractivity contribution in [1.82, 2.24) is 19.7 Å². The number of rotatable bonds is 4. The van der Waals surface area contributed by atoms with Gasteiger partial charge in [-0.05, 0) is 24.3 Å². The lowest BCUT2D eigenvalue weighted by Crippen LogP contribution is -2.05. The number of oxazole rings is 1. The lowest BCUT2D eigenvalue weighted by Gasteiger charge is -2.00. The van der Waals surface area contributed by atoms with Crippen molar-refractivity contribution in [1.29, 1.82) is 0 Å². The van der Waals surface area contributed by atoms with Gasteiger partial charge in [0.05, 0.1) is 23.0 Å². The minimum Gasteiger partial charge on any atom is -0.444 e. The van der Waals surface area contributed by atoms with Gasteiger partial charge in [0.25, 0.3) is 0 Å². The zero-order valence-electron chi connectivity index (χ0n) is 11.1. The lowest BCUT2D eigenvalue weighted by molar-refractivity contribution is 0.569. The molecule has 0 saturated carbocycles. The maximum atomic E-state index is 12.9. The molecule has 0 aliphatic carbocycles. The first kappa shape index (κ1) is 13.6. The van der Waals surface area contributed by atoms with Gasteiger partial charge in [-0.25, -0.2) is 9.37 Å². The minimum absolute atomic E-state index is 0.315. The van der Waals surface area contributed by atoms with Gasteiger partial charge in [0.1, 0.15) is 18.4 Å². The van der Waals surface area contributed by atoms with Crippen molar-refractivity contribution in [3.8, 4) is 11.5 Å². The average Bonchev–Trinajstić information content (AvgIpc) is 3.09. The summed E-state index contributed by atoms with van der Waals surface area (Å²) in [6.07, 6.45) is 4.53. The maximum Gasteiger partial charge on any atom is 0.226 e. The molecule has 1 atom stereocenters. The summed E-state index contributed by atoms with van der Waals surface area (Å²) in [5.41, 5.74) is 1.33. The molecule has 0 amide bonds. The van der Waals surface area contributed by atoms with Crippen LogP contribution in [0.15, 0.2) is 46.4 Å². The monoisotopic (exact) mass is 306 g/mol. The summed E-state index contributed by atoms with van der Waals surface area (Å²) in [6.45, 7) is 0.354. The summed E-state index contributed by atoms with van der Waals surface area (Å²) in [5, 5.41) is 7.91. The predicted octanol–water partition coefficient (Wildman–Crippen LogP) is 1.86. The van der Waals surface area contributed by atoms with E-state index < -0.39 is 10.8 Å². The largest absolute Gasteiger partial charge is 0.444 e. The lowest BCUT2D eigenvalue weighted by atomic mass is 10.2. The second-order valence-corrected chi connectivity index (χ2v) is 5.62. The third-order valence-electron chi connectivity index (χ3n) is 2.81. The van der Waals surface area contributed by atoms with Crippen LogP contribution in [0.25, 0.3) is 11.5 Å². The molecular formula is C13H11FN4O2S. The normalized spacial score (nSPS) is 12.5. The van der Waals surface area contributed by atoms with Crippen LogP contribution >= 0.6 is 0 Å². The number of halogens is 1. The molecule has 0 aliphatic rings. The number of nitrogens with zero attached hydrogens (tertiary/aromatic N) is 4. The Labute approximate surface area is 122 Å². The molecule has 108 valence electrons. The fourth-order valence-electron chi connectivity index (χ4n) is 1.85. The zero-order valence-corrected chi connectivity index (χ0v) is 11.9. The first-order chi connectivity index (χ1) is 10.1. The van der Waals surface area contributed by atoms with Gasteiger partial charge in [0, 0.05) is 11.8 Å². The standard InChI is InChI=1S/C13H11FN4O2S/c1-21(19)13-17-15-8-18(13)6-11-7-20-12(16-11)9-2-4-10(14)5-3-9/h2-5,7-8H,6H2,1H3/t21-/m0/s1. The van der Waals surface area contributed by atoms with Crippen LogP contribution in [0.5, 0.6) is 0 Å². The summed E-state index contributed by atoms with van der Waals surface area (Å²) in [4.78, 5) is 4.32. The second-order valence-electron chi connectivity index (χ2n) is 4.35. The molecule has 0 aliphatic heterocycles. The molecule has 3 rings (SSSR count).